The highest BCUT2D eigenvalue weighted by Gasteiger charge is 2.32. The highest BCUT2D eigenvalue weighted by molar-refractivity contribution is 6.01. The van der Waals surface area contributed by atoms with Crippen LogP contribution >= 0.6 is 0 Å². The molecule has 0 spiro atoms. The number of hydrogen-bond donors (Lipinski definition) is 1. The van der Waals surface area contributed by atoms with Gasteiger partial charge in [0, 0.05) is 18.8 Å². The summed E-state index contributed by atoms with van der Waals surface area (Å²) in [6, 6.07) is 24.1. The number of Topliss-reactive ketones (excluding diaryl/α,β-unsaturated/α-hetero) is 1. The number of carbonyl (C=O) groups is 1. The summed E-state index contributed by atoms with van der Waals surface area (Å²) in [7, 11) is 3.77. The van der Waals surface area contributed by atoms with Crippen molar-refractivity contribution in [2.45, 2.75) is 26.1 Å². The fraction of sp³-hybridized carbons (Fsp3) is 0.241. The molecule has 0 fully saturated rings. The van der Waals surface area contributed by atoms with Crippen LogP contribution in [0.25, 0.3) is 16.8 Å². The standard InChI is InChI=1S/C29H30N4O2/c1-4-32(2)18-22-7-5-6-8-25(22)20-9-11-21(12-10-20)27-29(34)28-26(17-30-27)31-19-33(28)23-13-15-24(35-3)16-14-23/h5-16,19,27,30H,4,17-18H2,1-3H3. The summed E-state index contributed by atoms with van der Waals surface area (Å²) in [6.07, 6.45) is 1.72. The van der Waals surface area contributed by atoms with Crippen molar-refractivity contribution in [2.24, 2.45) is 0 Å². The Morgan fingerprint density at radius 2 is 1.80 bits per heavy atom. The Morgan fingerprint density at radius 3 is 2.51 bits per heavy atom. The lowest BCUT2D eigenvalue weighted by molar-refractivity contribution is 0.0922. The number of ether oxygens (including phenoxy) is 1. The summed E-state index contributed by atoms with van der Waals surface area (Å²) in [4.78, 5) is 20.4. The predicted octanol–water partition coefficient (Wildman–Crippen LogP) is 5.03. The van der Waals surface area contributed by atoms with E-state index in [1.54, 1.807) is 13.4 Å². The van der Waals surface area contributed by atoms with Gasteiger partial charge in [-0.2, -0.15) is 0 Å². The number of nitrogens with one attached hydrogen (secondary N) is 1. The molecule has 3 aromatic carbocycles. The molecule has 0 saturated carbocycles. The molecule has 1 N–H and O–H groups in total. The smallest absolute Gasteiger partial charge is 0.202 e. The van der Waals surface area contributed by atoms with E-state index in [1.807, 2.05) is 28.8 Å². The first-order valence-electron chi connectivity index (χ1n) is 11.9. The zero-order valence-corrected chi connectivity index (χ0v) is 20.4. The van der Waals surface area contributed by atoms with Gasteiger partial charge in [-0.25, -0.2) is 4.98 Å². The fourth-order valence-electron chi connectivity index (χ4n) is 4.61. The molecule has 0 amide bonds. The third-order valence-corrected chi connectivity index (χ3v) is 6.72. The van der Waals surface area contributed by atoms with Gasteiger partial charge < -0.3 is 9.64 Å². The summed E-state index contributed by atoms with van der Waals surface area (Å²) < 4.78 is 7.14. The Bertz CT molecular complexity index is 1330. The summed E-state index contributed by atoms with van der Waals surface area (Å²) in [5.41, 5.74) is 6.92. The van der Waals surface area contributed by atoms with Crippen LogP contribution in [0.2, 0.25) is 0 Å². The van der Waals surface area contributed by atoms with Crippen molar-refractivity contribution in [3.63, 3.8) is 0 Å². The van der Waals surface area contributed by atoms with Gasteiger partial charge in [0.05, 0.1) is 18.8 Å². The third kappa shape index (κ3) is 4.50. The fourth-order valence-corrected chi connectivity index (χ4v) is 4.61. The molecule has 178 valence electrons. The predicted molar refractivity (Wildman–Crippen MR) is 138 cm³/mol. The van der Waals surface area contributed by atoms with Crippen LogP contribution in [0.4, 0.5) is 0 Å². The van der Waals surface area contributed by atoms with E-state index in [-0.39, 0.29) is 5.78 Å². The topological polar surface area (TPSA) is 59.4 Å². The molecule has 0 saturated heterocycles. The van der Waals surface area contributed by atoms with E-state index in [4.69, 9.17) is 4.74 Å². The molecule has 0 radical (unpaired) electrons. The van der Waals surface area contributed by atoms with Crippen molar-refractivity contribution < 1.29 is 9.53 Å². The maximum Gasteiger partial charge on any atom is 0.202 e. The van der Waals surface area contributed by atoms with Gasteiger partial charge in [-0.05, 0) is 60.1 Å². The van der Waals surface area contributed by atoms with Crippen LogP contribution in [0.3, 0.4) is 0 Å². The first-order valence-corrected chi connectivity index (χ1v) is 11.9. The highest BCUT2D eigenvalue weighted by Crippen LogP contribution is 2.30. The molecule has 35 heavy (non-hydrogen) atoms. The summed E-state index contributed by atoms with van der Waals surface area (Å²) in [5, 5.41) is 3.38. The van der Waals surface area contributed by atoms with E-state index in [2.05, 4.69) is 77.7 Å². The Morgan fingerprint density at radius 1 is 1.06 bits per heavy atom. The molecular formula is C29H30N4O2. The number of rotatable bonds is 7. The Balaban J connectivity index is 1.42. The van der Waals surface area contributed by atoms with E-state index in [0.717, 1.165) is 41.3 Å². The molecule has 1 atom stereocenters. The van der Waals surface area contributed by atoms with Crippen molar-refractivity contribution in [1.29, 1.82) is 0 Å². The average molecular weight is 467 g/mol. The van der Waals surface area contributed by atoms with Crippen LogP contribution < -0.4 is 10.1 Å². The second kappa shape index (κ2) is 9.86. The second-order valence-electron chi connectivity index (χ2n) is 8.90. The van der Waals surface area contributed by atoms with E-state index >= 15 is 0 Å². The number of benzene rings is 3. The van der Waals surface area contributed by atoms with Crippen LogP contribution in [0, 0.1) is 0 Å². The summed E-state index contributed by atoms with van der Waals surface area (Å²) >= 11 is 0. The number of methoxy groups -OCH3 is 1. The molecular weight excluding hydrogens is 436 g/mol. The maximum absolute atomic E-state index is 13.6. The van der Waals surface area contributed by atoms with Crippen molar-refractivity contribution in [3.8, 4) is 22.6 Å². The summed E-state index contributed by atoms with van der Waals surface area (Å²) in [5.74, 6) is 0.800. The van der Waals surface area contributed by atoms with E-state index < -0.39 is 6.04 Å². The molecule has 1 aliphatic rings. The van der Waals surface area contributed by atoms with Gasteiger partial charge in [-0.1, -0.05) is 55.5 Å². The zero-order valence-electron chi connectivity index (χ0n) is 20.4. The largest absolute Gasteiger partial charge is 0.497 e. The van der Waals surface area contributed by atoms with Crippen molar-refractivity contribution >= 4 is 5.78 Å². The first kappa shape index (κ1) is 23.0. The van der Waals surface area contributed by atoms with Gasteiger partial charge in [0.15, 0.2) is 0 Å². The van der Waals surface area contributed by atoms with Crippen LogP contribution in [0.1, 0.15) is 40.3 Å². The number of ketones is 1. The minimum Gasteiger partial charge on any atom is -0.497 e. The van der Waals surface area contributed by atoms with Crippen LogP contribution in [-0.2, 0) is 13.1 Å². The van der Waals surface area contributed by atoms with Crippen LogP contribution in [-0.4, -0.2) is 40.9 Å². The number of fused-ring (bicyclic) bond motifs is 1. The molecule has 5 rings (SSSR count). The second-order valence-corrected chi connectivity index (χ2v) is 8.90. The number of nitrogens with zero attached hydrogens (tertiary/aromatic N) is 3. The van der Waals surface area contributed by atoms with Crippen molar-refractivity contribution in [2.75, 3.05) is 20.7 Å². The zero-order chi connectivity index (χ0) is 24.4. The third-order valence-electron chi connectivity index (χ3n) is 6.72. The van der Waals surface area contributed by atoms with Gasteiger partial charge >= 0.3 is 0 Å². The number of hydrogen-bond acceptors (Lipinski definition) is 5. The quantitative estimate of drug-likeness (QED) is 0.414. The normalized spacial score (nSPS) is 15.3. The molecule has 1 unspecified atom stereocenters. The monoisotopic (exact) mass is 466 g/mol. The minimum atomic E-state index is -0.410. The molecule has 1 aliphatic heterocycles. The van der Waals surface area contributed by atoms with Gasteiger partial charge in [0.1, 0.15) is 17.8 Å². The highest BCUT2D eigenvalue weighted by atomic mass is 16.5. The molecule has 1 aromatic heterocycles. The van der Waals surface area contributed by atoms with E-state index in [9.17, 15) is 4.79 Å². The van der Waals surface area contributed by atoms with E-state index in [1.165, 1.54) is 11.1 Å². The molecule has 6 nitrogen and oxygen atoms in total. The number of aromatic nitrogens is 2. The van der Waals surface area contributed by atoms with Crippen molar-refractivity contribution in [3.05, 3.63) is 102 Å². The molecule has 2 heterocycles. The van der Waals surface area contributed by atoms with Crippen LogP contribution in [0.5, 0.6) is 5.75 Å². The Hall–Kier alpha value is -3.74. The van der Waals surface area contributed by atoms with Gasteiger partial charge in [-0.3, -0.25) is 14.7 Å². The lowest BCUT2D eigenvalue weighted by atomic mass is 9.93. The van der Waals surface area contributed by atoms with Crippen molar-refractivity contribution in [1.82, 2.24) is 19.8 Å². The Labute approximate surface area is 206 Å². The number of carbonyl (C=O) groups excluding carboxylic acids is 1. The van der Waals surface area contributed by atoms with E-state index in [0.29, 0.717) is 12.2 Å². The lowest BCUT2D eigenvalue weighted by Crippen LogP contribution is -2.35. The first-order chi connectivity index (χ1) is 17.1. The molecule has 0 bridgehead atoms. The Kier molecular flexibility index (Phi) is 6.49. The molecule has 0 aliphatic carbocycles. The van der Waals surface area contributed by atoms with Gasteiger partial charge in [-0.15, -0.1) is 0 Å². The minimum absolute atomic E-state index is 0.0253. The average Bonchev–Trinajstić information content (AvgIpc) is 3.34. The van der Waals surface area contributed by atoms with Gasteiger partial charge in [0.2, 0.25) is 5.78 Å². The summed E-state index contributed by atoms with van der Waals surface area (Å²) in [6.45, 7) is 4.60. The molecule has 6 heteroatoms. The maximum atomic E-state index is 13.6. The SMILES string of the molecule is CCN(C)Cc1ccccc1-c1ccc(C2NCc3ncn(-c4ccc(OC)cc4)c3C2=O)cc1. The van der Waals surface area contributed by atoms with Crippen LogP contribution in [0.15, 0.2) is 79.1 Å². The lowest BCUT2D eigenvalue weighted by Gasteiger charge is -2.24. The van der Waals surface area contributed by atoms with Gasteiger partial charge in [0.25, 0.3) is 0 Å². The number of imidazole rings is 1. The molecule has 4 aromatic rings.